The predicted molar refractivity (Wildman–Crippen MR) is 141 cm³/mol. The zero-order valence-corrected chi connectivity index (χ0v) is 22.0. The van der Waals surface area contributed by atoms with E-state index >= 15 is 0 Å². The number of anilines is 1. The van der Waals surface area contributed by atoms with Gasteiger partial charge in [-0.2, -0.15) is 5.26 Å². The van der Waals surface area contributed by atoms with Crippen LogP contribution >= 0.6 is 46.3 Å². The van der Waals surface area contributed by atoms with Crippen LogP contribution in [0.3, 0.4) is 0 Å². The molecule has 0 saturated carbocycles. The van der Waals surface area contributed by atoms with Gasteiger partial charge < -0.3 is 10.1 Å². The maximum Gasteiger partial charge on any atom is 0.235 e. The highest BCUT2D eigenvalue weighted by atomic mass is 35.5. The molecule has 0 bridgehead atoms. The molecule has 1 N–H and O–H groups in total. The third-order valence-corrected chi connectivity index (χ3v) is 8.19. The lowest BCUT2D eigenvalue weighted by atomic mass is 10.1. The molecule has 182 valence electrons. The highest BCUT2D eigenvalue weighted by Gasteiger charge is 2.21. The Morgan fingerprint density at radius 3 is 2.94 bits per heavy atom. The maximum atomic E-state index is 12.7. The molecule has 3 aromatic rings. The second-order valence-corrected chi connectivity index (χ2v) is 10.8. The summed E-state index contributed by atoms with van der Waals surface area (Å²) in [4.78, 5) is 13.9. The minimum absolute atomic E-state index is 0.125. The fourth-order valence-electron chi connectivity index (χ4n) is 3.82. The molecule has 0 fully saturated rings. The molecule has 0 spiro atoms. The first-order chi connectivity index (χ1) is 17.0. The molecule has 35 heavy (non-hydrogen) atoms. The molecule has 1 amide bonds. The van der Waals surface area contributed by atoms with Gasteiger partial charge in [0.05, 0.1) is 16.3 Å². The Kier molecular flexibility index (Phi) is 8.74. The fraction of sp³-hybridized carbons (Fsp3) is 0.333. The van der Waals surface area contributed by atoms with Crippen molar-refractivity contribution in [2.24, 2.45) is 0 Å². The zero-order valence-electron chi connectivity index (χ0n) is 18.9. The monoisotopic (exact) mass is 547 g/mol. The van der Waals surface area contributed by atoms with Crippen molar-refractivity contribution in [2.75, 3.05) is 11.1 Å². The van der Waals surface area contributed by atoms with E-state index < -0.39 is 0 Å². The molecule has 7 nitrogen and oxygen atoms in total. The average Bonchev–Trinajstić information content (AvgIpc) is 3.29. The summed E-state index contributed by atoms with van der Waals surface area (Å²) >= 11 is 15.0. The van der Waals surface area contributed by atoms with E-state index in [2.05, 4.69) is 28.2 Å². The van der Waals surface area contributed by atoms with Crippen LogP contribution in [0.2, 0.25) is 10.0 Å². The largest absolute Gasteiger partial charge is 0.484 e. The summed E-state index contributed by atoms with van der Waals surface area (Å²) in [6.07, 6.45) is 6.97. The number of nitrogens with zero attached hydrogens (tertiary/aromatic N) is 4. The molecule has 2 aromatic heterocycles. The number of hydrogen-bond donors (Lipinski definition) is 1. The number of rotatable bonds is 9. The van der Waals surface area contributed by atoms with Crippen LogP contribution in [0.15, 0.2) is 36.0 Å². The van der Waals surface area contributed by atoms with Crippen molar-refractivity contribution in [1.82, 2.24) is 14.8 Å². The number of fused-ring (bicyclic) bond motifs is 1. The average molecular weight is 549 g/mol. The van der Waals surface area contributed by atoms with E-state index in [0.29, 0.717) is 43.9 Å². The van der Waals surface area contributed by atoms with Gasteiger partial charge in [0.2, 0.25) is 5.91 Å². The van der Waals surface area contributed by atoms with Crippen LogP contribution in [0.4, 0.5) is 5.00 Å². The summed E-state index contributed by atoms with van der Waals surface area (Å²) in [5.41, 5.74) is 1.72. The van der Waals surface area contributed by atoms with Crippen molar-refractivity contribution in [3.8, 4) is 11.8 Å². The number of carbonyl (C=O) groups is 1. The normalized spacial score (nSPS) is 12.9. The molecule has 11 heteroatoms. The quantitative estimate of drug-likeness (QED) is 0.192. The number of thiophene rings is 1. The second-order valence-electron chi connectivity index (χ2n) is 7.88. The van der Waals surface area contributed by atoms with E-state index in [-0.39, 0.29) is 18.3 Å². The summed E-state index contributed by atoms with van der Waals surface area (Å²) in [5.74, 6) is 0.949. The highest BCUT2D eigenvalue weighted by Crippen LogP contribution is 2.37. The molecule has 1 aromatic carbocycles. The van der Waals surface area contributed by atoms with E-state index in [1.807, 2.05) is 4.57 Å². The van der Waals surface area contributed by atoms with Crippen molar-refractivity contribution in [3.05, 3.63) is 62.7 Å². The van der Waals surface area contributed by atoms with Gasteiger partial charge in [-0.05, 0) is 43.4 Å². The van der Waals surface area contributed by atoms with E-state index in [1.54, 1.807) is 24.3 Å². The minimum atomic E-state index is -0.195. The smallest absolute Gasteiger partial charge is 0.235 e. The van der Waals surface area contributed by atoms with Crippen LogP contribution in [-0.4, -0.2) is 26.4 Å². The number of halogens is 2. The summed E-state index contributed by atoms with van der Waals surface area (Å²) < 4.78 is 7.62. The number of benzene rings is 1. The Balaban J connectivity index is 1.41. The van der Waals surface area contributed by atoms with Crippen LogP contribution < -0.4 is 10.1 Å². The molecule has 0 unspecified atom stereocenters. The van der Waals surface area contributed by atoms with Crippen LogP contribution in [0.5, 0.6) is 5.75 Å². The third kappa shape index (κ3) is 6.19. The maximum absolute atomic E-state index is 12.7. The molecule has 1 aliphatic rings. The van der Waals surface area contributed by atoms with Crippen LogP contribution in [0.25, 0.3) is 0 Å². The first kappa shape index (κ1) is 25.6. The number of ether oxygens (including phenoxy) is 1. The van der Waals surface area contributed by atoms with Gasteiger partial charge in [-0.25, -0.2) is 0 Å². The van der Waals surface area contributed by atoms with Crippen molar-refractivity contribution in [2.45, 2.75) is 50.4 Å². The summed E-state index contributed by atoms with van der Waals surface area (Å²) in [7, 11) is 0. The number of nitrogens with one attached hydrogen (secondary N) is 1. The van der Waals surface area contributed by atoms with Gasteiger partial charge in [0.15, 0.2) is 11.0 Å². The van der Waals surface area contributed by atoms with Crippen LogP contribution in [0, 0.1) is 11.3 Å². The van der Waals surface area contributed by atoms with Crippen molar-refractivity contribution in [1.29, 1.82) is 5.26 Å². The number of aryl methyl sites for hydroxylation is 1. The molecule has 0 atom stereocenters. The van der Waals surface area contributed by atoms with Crippen LogP contribution in [0.1, 0.15) is 41.1 Å². The number of nitriles is 1. The summed E-state index contributed by atoms with van der Waals surface area (Å²) in [5, 5.41) is 23.2. The number of carbonyl (C=O) groups excluding carboxylic acids is 1. The molecule has 0 saturated heterocycles. The standard InChI is InChI=1S/C24H23Cl2N5O2S2/c1-2-10-31-21(13-33-19-11-15(25)8-9-18(19)26)29-30-24(31)34-14-22(32)28-23-17(12-27)16-6-4-3-5-7-20(16)35-23/h2,8-9,11H,1,3-7,10,13-14H2,(H,28,32). The molecular weight excluding hydrogens is 525 g/mol. The zero-order chi connectivity index (χ0) is 24.8. The van der Waals surface area contributed by atoms with Gasteiger partial charge in [-0.15, -0.1) is 28.1 Å². The molecule has 2 heterocycles. The Labute approximate surface area is 222 Å². The van der Waals surface area contributed by atoms with Gasteiger partial charge in [-0.3, -0.25) is 9.36 Å². The fourth-order valence-corrected chi connectivity index (χ4v) is 6.17. The molecule has 0 radical (unpaired) electrons. The lowest BCUT2D eigenvalue weighted by Gasteiger charge is -2.10. The van der Waals surface area contributed by atoms with Crippen molar-refractivity contribution in [3.63, 3.8) is 0 Å². The molecule has 0 aliphatic heterocycles. The van der Waals surface area contributed by atoms with E-state index in [4.69, 9.17) is 27.9 Å². The SMILES string of the molecule is C=CCn1c(COc2cc(Cl)ccc2Cl)nnc1SCC(=O)Nc1sc2c(c1C#N)CCCCC2. The minimum Gasteiger partial charge on any atom is -0.484 e. The topological polar surface area (TPSA) is 92.8 Å². The number of amides is 1. The van der Waals surface area contributed by atoms with Gasteiger partial charge in [0.1, 0.15) is 23.4 Å². The van der Waals surface area contributed by atoms with Crippen molar-refractivity contribution >= 4 is 57.2 Å². The lowest BCUT2D eigenvalue weighted by Crippen LogP contribution is -2.15. The number of thioether (sulfide) groups is 1. The summed E-state index contributed by atoms with van der Waals surface area (Å²) in [6.45, 7) is 4.38. The highest BCUT2D eigenvalue weighted by molar-refractivity contribution is 7.99. The van der Waals surface area contributed by atoms with Gasteiger partial charge in [-0.1, -0.05) is 47.5 Å². The Hall–Kier alpha value is -2.51. The first-order valence-electron chi connectivity index (χ1n) is 11.1. The third-order valence-electron chi connectivity index (χ3n) is 5.47. The molecule has 4 rings (SSSR count). The van der Waals surface area contributed by atoms with Gasteiger partial charge >= 0.3 is 0 Å². The predicted octanol–water partition coefficient (Wildman–Crippen LogP) is 6.28. The number of aromatic nitrogens is 3. The van der Waals surface area contributed by atoms with Gasteiger partial charge in [0.25, 0.3) is 0 Å². The lowest BCUT2D eigenvalue weighted by molar-refractivity contribution is -0.113. The Morgan fingerprint density at radius 2 is 2.14 bits per heavy atom. The van der Waals surface area contributed by atoms with E-state index in [9.17, 15) is 10.1 Å². The molecular formula is C24H23Cl2N5O2S2. The molecule has 1 aliphatic carbocycles. The first-order valence-corrected chi connectivity index (χ1v) is 13.6. The Bertz CT molecular complexity index is 1280. The van der Waals surface area contributed by atoms with E-state index in [1.165, 1.54) is 34.4 Å². The van der Waals surface area contributed by atoms with Crippen LogP contribution in [-0.2, 0) is 30.8 Å². The number of hydrogen-bond acceptors (Lipinski definition) is 7. The Morgan fingerprint density at radius 1 is 1.31 bits per heavy atom. The van der Waals surface area contributed by atoms with E-state index in [0.717, 1.165) is 31.2 Å². The summed E-state index contributed by atoms with van der Waals surface area (Å²) in [6, 6.07) is 7.28. The second kappa shape index (κ2) is 12.0. The number of allylic oxidation sites excluding steroid dienone is 1. The van der Waals surface area contributed by atoms with Crippen molar-refractivity contribution < 1.29 is 9.53 Å². The van der Waals surface area contributed by atoms with Gasteiger partial charge in [0, 0.05) is 22.5 Å².